The molecule has 18 heavy (non-hydrogen) atoms. The summed E-state index contributed by atoms with van der Waals surface area (Å²) >= 11 is 0. The summed E-state index contributed by atoms with van der Waals surface area (Å²) in [5.74, 6) is -0.357. The topological polar surface area (TPSA) is 58.6 Å². The van der Waals surface area contributed by atoms with E-state index >= 15 is 0 Å². The molecule has 1 aliphatic rings. The molecule has 0 radical (unpaired) electrons. The van der Waals surface area contributed by atoms with Gasteiger partial charge in [-0.1, -0.05) is 20.4 Å². The summed E-state index contributed by atoms with van der Waals surface area (Å²) in [5.41, 5.74) is 0.337. The van der Waals surface area contributed by atoms with Crippen LogP contribution in [-0.2, 0) is 9.53 Å². The number of ether oxygens (including phenoxy) is 1. The van der Waals surface area contributed by atoms with E-state index in [0.717, 1.165) is 13.0 Å². The van der Waals surface area contributed by atoms with Crippen LogP contribution < -0.4 is 5.32 Å². The SMILES string of the molecule is C=C(C)C(=O)OCCC(C)(C)CN1CCNC1=O. The maximum Gasteiger partial charge on any atom is 0.333 e. The molecule has 2 amide bonds. The van der Waals surface area contributed by atoms with Crippen molar-refractivity contribution >= 4 is 12.0 Å². The van der Waals surface area contributed by atoms with E-state index in [1.807, 2.05) is 0 Å². The zero-order valence-corrected chi connectivity index (χ0v) is 11.4. The molecule has 0 bridgehead atoms. The molecular weight excluding hydrogens is 232 g/mol. The number of nitrogens with one attached hydrogen (secondary N) is 1. The molecule has 0 aromatic rings. The molecule has 1 N–H and O–H groups in total. The normalized spacial score (nSPS) is 15.5. The molecule has 1 fully saturated rings. The lowest BCUT2D eigenvalue weighted by molar-refractivity contribution is -0.139. The van der Waals surface area contributed by atoms with Gasteiger partial charge in [0, 0.05) is 25.2 Å². The van der Waals surface area contributed by atoms with Crippen LogP contribution in [0.1, 0.15) is 27.2 Å². The molecule has 0 aromatic carbocycles. The fourth-order valence-electron chi connectivity index (χ4n) is 1.80. The van der Waals surface area contributed by atoms with Crippen molar-refractivity contribution in [1.82, 2.24) is 10.2 Å². The van der Waals surface area contributed by atoms with Crippen molar-refractivity contribution in [3.8, 4) is 0 Å². The summed E-state index contributed by atoms with van der Waals surface area (Å²) in [7, 11) is 0. The minimum Gasteiger partial charge on any atom is -0.462 e. The first kappa shape index (κ1) is 14.5. The van der Waals surface area contributed by atoms with Gasteiger partial charge < -0.3 is 15.0 Å². The van der Waals surface area contributed by atoms with Gasteiger partial charge in [-0.05, 0) is 18.8 Å². The third-order valence-corrected chi connectivity index (χ3v) is 2.92. The maximum absolute atomic E-state index is 11.4. The Labute approximate surface area is 108 Å². The highest BCUT2D eigenvalue weighted by Crippen LogP contribution is 2.22. The highest BCUT2D eigenvalue weighted by atomic mass is 16.5. The van der Waals surface area contributed by atoms with Crippen LogP contribution in [0.15, 0.2) is 12.2 Å². The number of amides is 2. The Hall–Kier alpha value is -1.52. The van der Waals surface area contributed by atoms with E-state index in [-0.39, 0.29) is 17.4 Å². The zero-order valence-electron chi connectivity index (χ0n) is 11.4. The predicted molar refractivity (Wildman–Crippen MR) is 69.1 cm³/mol. The van der Waals surface area contributed by atoms with Crippen molar-refractivity contribution in [2.24, 2.45) is 5.41 Å². The quantitative estimate of drug-likeness (QED) is 0.578. The number of urea groups is 1. The van der Waals surface area contributed by atoms with Gasteiger partial charge >= 0.3 is 12.0 Å². The number of hydrogen-bond donors (Lipinski definition) is 1. The maximum atomic E-state index is 11.4. The Morgan fingerprint density at radius 2 is 2.22 bits per heavy atom. The molecule has 0 unspecified atom stereocenters. The van der Waals surface area contributed by atoms with Crippen LogP contribution in [-0.4, -0.2) is 43.1 Å². The number of esters is 1. The third-order valence-electron chi connectivity index (χ3n) is 2.92. The van der Waals surface area contributed by atoms with E-state index in [4.69, 9.17) is 4.74 Å². The van der Waals surface area contributed by atoms with E-state index in [1.165, 1.54) is 0 Å². The lowest BCUT2D eigenvalue weighted by Crippen LogP contribution is -2.37. The molecule has 102 valence electrons. The molecule has 0 atom stereocenters. The fourth-order valence-corrected chi connectivity index (χ4v) is 1.80. The van der Waals surface area contributed by atoms with Crippen molar-refractivity contribution in [3.05, 3.63) is 12.2 Å². The molecular formula is C13H22N2O3. The zero-order chi connectivity index (χ0) is 13.8. The molecule has 0 spiro atoms. The largest absolute Gasteiger partial charge is 0.462 e. The molecule has 5 heteroatoms. The first-order valence-electron chi connectivity index (χ1n) is 6.17. The Bertz CT molecular complexity index is 350. The molecule has 0 saturated carbocycles. The molecule has 0 aliphatic carbocycles. The van der Waals surface area contributed by atoms with Crippen LogP contribution in [0.3, 0.4) is 0 Å². The van der Waals surface area contributed by atoms with Gasteiger partial charge in [-0.3, -0.25) is 0 Å². The van der Waals surface area contributed by atoms with Gasteiger partial charge in [0.05, 0.1) is 6.61 Å². The number of carbonyl (C=O) groups excluding carboxylic acids is 2. The first-order valence-corrected chi connectivity index (χ1v) is 6.17. The van der Waals surface area contributed by atoms with Gasteiger partial charge in [0.2, 0.25) is 0 Å². The molecule has 5 nitrogen and oxygen atoms in total. The van der Waals surface area contributed by atoms with Crippen molar-refractivity contribution < 1.29 is 14.3 Å². The molecule has 1 aliphatic heterocycles. The van der Waals surface area contributed by atoms with Gasteiger partial charge in [-0.15, -0.1) is 0 Å². The Morgan fingerprint density at radius 1 is 1.56 bits per heavy atom. The summed E-state index contributed by atoms with van der Waals surface area (Å²) in [5, 5.41) is 2.77. The smallest absolute Gasteiger partial charge is 0.333 e. The molecule has 1 heterocycles. The highest BCUT2D eigenvalue weighted by Gasteiger charge is 2.27. The van der Waals surface area contributed by atoms with Crippen LogP contribution in [0.25, 0.3) is 0 Å². The number of rotatable bonds is 6. The lowest BCUT2D eigenvalue weighted by Gasteiger charge is -2.29. The number of nitrogens with zero attached hydrogens (tertiary/aromatic N) is 1. The van der Waals surface area contributed by atoms with E-state index < -0.39 is 0 Å². The van der Waals surface area contributed by atoms with Crippen molar-refractivity contribution in [3.63, 3.8) is 0 Å². The second-order valence-corrected chi connectivity index (χ2v) is 5.48. The van der Waals surface area contributed by atoms with Gasteiger partial charge in [-0.2, -0.15) is 0 Å². The van der Waals surface area contributed by atoms with E-state index in [9.17, 15) is 9.59 Å². The highest BCUT2D eigenvalue weighted by molar-refractivity contribution is 5.86. The van der Waals surface area contributed by atoms with Crippen molar-refractivity contribution in [2.75, 3.05) is 26.2 Å². The van der Waals surface area contributed by atoms with Gasteiger partial charge in [0.1, 0.15) is 0 Å². The lowest BCUT2D eigenvalue weighted by atomic mass is 9.89. The summed E-state index contributed by atoms with van der Waals surface area (Å²) in [6, 6.07) is -0.0120. The Morgan fingerprint density at radius 3 is 2.72 bits per heavy atom. The van der Waals surface area contributed by atoms with Crippen LogP contribution >= 0.6 is 0 Å². The Balaban J connectivity index is 2.33. The van der Waals surface area contributed by atoms with Gasteiger partial charge in [0.25, 0.3) is 0 Å². The van der Waals surface area contributed by atoms with E-state index in [1.54, 1.807) is 11.8 Å². The average molecular weight is 254 g/mol. The number of hydrogen-bond acceptors (Lipinski definition) is 3. The Kier molecular flexibility index (Phi) is 4.76. The molecule has 1 rings (SSSR count). The van der Waals surface area contributed by atoms with Crippen molar-refractivity contribution in [2.45, 2.75) is 27.2 Å². The standard InChI is InChI=1S/C13H22N2O3/c1-10(2)11(16)18-8-5-13(3,4)9-15-7-6-14-12(15)17/h1,5-9H2,2-4H3,(H,14,17). The summed E-state index contributed by atoms with van der Waals surface area (Å²) in [4.78, 5) is 24.5. The second kappa shape index (κ2) is 5.89. The molecule has 1 saturated heterocycles. The summed E-state index contributed by atoms with van der Waals surface area (Å²) < 4.78 is 5.07. The third kappa shape index (κ3) is 4.39. The molecule has 0 aromatic heterocycles. The number of carbonyl (C=O) groups is 2. The second-order valence-electron chi connectivity index (χ2n) is 5.48. The average Bonchev–Trinajstić information content (AvgIpc) is 2.63. The van der Waals surface area contributed by atoms with Crippen LogP contribution in [0.4, 0.5) is 4.79 Å². The van der Waals surface area contributed by atoms with Crippen LogP contribution in [0.5, 0.6) is 0 Å². The minimum absolute atomic E-state index is 0.0120. The minimum atomic E-state index is -0.357. The first-order chi connectivity index (χ1) is 8.32. The predicted octanol–water partition coefficient (Wildman–Crippen LogP) is 1.55. The van der Waals surface area contributed by atoms with Gasteiger partial charge in [0.15, 0.2) is 0 Å². The monoisotopic (exact) mass is 254 g/mol. The van der Waals surface area contributed by atoms with E-state index in [2.05, 4.69) is 25.7 Å². The van der Waals surface area contributed by atoms with Gasteiger partial charge in [-0.25, -0.2) is 9.59 Å². The van der Waals surface area contributed by atoms with Crippen LogP contribution in [0.2, 0.25) is 0 Å². The van der Waals surface area contributed by atoms with E-state index in [0.29, 0.717) is 25.3 Å². The summed E-state index contributed by atoms with van der Waals surface area (Å²) in [6.45, 7) is 11.8. The fraction of sp³-hybridized carbons (Fsp3) is 0.692. The van der Waals surface area contributed by atoms with Crippen molar-refractivity contribution in [1.29, 1.82) is 0 Å². The summed E-state index contributed by atoms with van der Waals surface area (Å²) in [6.07, 6.45) is 0.718. The van der Waals surface area contributed by atoms with Crippen LogP contribution in [0, 0.1) is 5.41 Å².